The quantitative estimate of drug-likeness (QED) is 0.858. The van der Waals surface area contributed by atoms with Crippen LogP contribution in [-0.4, -0.2) is 23.2 Å². The number of nitrogens with one attached hydrogen (secondary N) is 1. The Morgan fingerprint density at radius 2 is 1.79 bits per heavy atom. The lowest BCUT2D eigenvalue weighted by molar-refractivity contribution is -0.122. The highest BCUT2D eigenvalue weighted by Gasteiger charge is 2.34. The summed E-state index contributed by atoms with van der Waals surface area (Å²) in [4.78, 5) is 12.5. The van der Waals surface area contributed by atoms with E-state index in [2.05, 4.69) is 17.4 Å². The van der Waals surface area contributed by atoms with Crippen molar-refractivity contribution in [2.24, 2.45) is 5.92 Å². The second-order valence-corrected chi connectivity index (χ2v) is 6.85. The molecule has 1 aliphatic carbocycles. The van der Waals surface area contributed by atoms with Crippen molar-refractivity contribution in [1.29, 1.82) is 0 Å². The minimum absolute atomic E-state index is 0.0617. The van der Waals surface area contributed by atoms with Crippen LogP contribution in [-0.2, 0) is 17.6 Å². The van der Waals surface area contributed by atoms with Gasteiger partial charge in [-0.05, 0) is 48.8 Å². The monoisotopic (exact) mass is 323 g/mol. The van der Waals surface area contributed by atoms with Gasteiger partial charge in [0.2, 0.25) is 5.91 Å². The van der Waals surface area contributed by atoms with E-state index in [0.29, 0.717) is 12.3 Å². The molecule has 2 N–H and O–H groups in total. The number of amides is 1. The molecule has 0 bridgehead atoms. The summed E-state index contributed by atoms with van der Waals surface area (Å²) in [6.45, 7) is 2.03. The van der Waals surface area contributed by atoms with Gasteiger partial charge in [-0.2, -0.15) is 0 Å². The fourth-order valence-electron chi connectivity index (χ4n) is 3.40. The number of benzene rings is 2. The topological polar surface area (TPSA) is 49.3 Å². The molecule has 126 valence electrons. The number of aliphatic hydroxyl groups excluding tert-OH is 1. The molecule has 3 heteroatoms. The molecule has 2 aromatic carbocycles. The molecule has 1 unspecified atom stereocenters. The molecule has 1 aliphatic rings. The Balaban J connectivity index is 1.65. The highest BCUT2D eigenvalue weighted by molar-refractivity contribution is 5.79. The molecule has 0 aliphatic heterocycles. The lowest BCUT2D eigenvalue weighted by atomic mass is 9.75. The lowest BCUT2D eigenvalue weighted by Gasteiger charge is -2.38. The van der Waals surface area contributed by atoms with Crippen molar-refractivity contribution in [1.82, 2.24) is 5.32 Å². The molecule has 0 spiro atoms. The number of hydrogen-bond donors (Lipinski definition) is 2. The van der Waals surface area contributed by atoms with Crippen LogP contribution in [0.15, 0.2) is 54.6 Å². The first-order chi connectivity index (χ1) is 11.6. The average Bonchev–Trinajstić information content (AvgIpc) is 2.54. The van der Waals surface area contributed by atoms with Crippen LogP contribution in [0.25, 0.3) is 0 Å². The number of rotatable bonds is 6. The number of aryl methyl sites for hydroxylation is 1. The lowest BCUT2D eigenvalue weighted by Crippen LogP contribution is -2.48. The van der Waals surface area contributed by atoms with Crippen LogP contribution in [0.2, 0.25) is 0 Å². The highest BCUT2D eigenvalue weighted by Crippen LogP contribution is 2.31. The smallest absolute Gasteiger partial charge is 0.224 e. The van der Waals surface area contributed by atoms with Crippen molar-refractivity contribution in [3.05, 3.63) is 71.3 Å². The predicted molar refractivity (Wildman–Crippen MR) is 95.7 cm³/mol. The number of carbonyl (C=O) groups is 1. The van der Waals surface area contributed by atoms with Gasteiger partial charge in [-0.1, -0.05) is 54.6 Å². The zero-order valence-corrected chi connectivity index (χ0v) is 14.1. The number of aliphatic hydroxyl groups is 1. The Labute approximate surface area is 143 Å². The Bertz CT molecular complexity index is 677. The first-order valence-corrected chi connectivity index (χ1v) is 8.67. The molecule has 1 fully saturated rings. The summed E-state index contributed by atoms with van der Waals surface area (Å²) in [5, 5.41) is 12.8. The highest BCUT2D eigenvalue weighted by atomic mass is 16.3. The Morgan fingerprint density at radius 3 is 2.46 bits per heavy atom. The van der Waals surface area contributed by atoms with E-state index in [0.717, 1.165) is 30.4 Å². The van der Waals surface area contributed by atoms with Crippen LogP contribution in [0.3, 0.4) is 0 Å². The average molecular weight is 323 g/mol. The Hall–Kier alpha value is -2.13. The second-order valence-electron chi connectivity index (χ2n) is 6.85. The van der Waals surface area contributed by atoms with Crippen LogP contribution in [0, 0.1) is 12.8 Å². The van der Waals surface area contributed by atoms with Gasteiger partial charge < -0.3 is 10.4 Å². The summed E-state index contributed by atoms with van der Waals surface area (Å²) < 4.78 is 0. The van der Waals surface area contributed by atoms with Gasteiger partial charge in [0.05, 0.1) is 12.5 Å². The fourth-order valence-corrected chi connectivity index (χ4v) is 3.40. The largest absolute Gasteiger partial charge is 0.393 e. The number of carbonyl (C=O) groups excluding carboxylic acids is 1. The third kappa shape index (κ3) is 4.24. The first-order valence-electron chi connectivity index (χ1n) is 8.67. The first kappa shape index (κ1) is 16.7. The van der Waals surface area contributed by atoms with E-state index in [-0.39, 0.29) is 18.1 Å². The Morgan fingerprint density at radius 1 is 1.12 bits per heavy atom. The van der Waals surface area contributed by atoms with E-state index in [1.54, 1.807) is 0 Å². The zero-order valence-electron chi connectivity index (χ0n) is 14.1. The van der Waals surface area contributed by atoms with Crippen LogP contribution < -0.4 is 5.32 Å². The van der Waals surface area contributed by atoms with Crippen molar-refractivity contribution in [2.75, 3.05) is 0 Å². The molecule has 0 saturated heterocycles. The molecular weight excluding hydrogens is 298 g/mol. The maximum atomic E-state index is 12.5. The summed E-state index contributed by atoms with van der Waals surface area (Å²) >= 11 is 0. The van der Waals surface area contributed by atoms with E-state index in [1.807, 2.05) is 49.4 Å². The van der Waals surface area contributed by atoms with Gasteiger partial charge in [0.15, 0.2) is 0 Å². The third-order valence-electron chi connectivity index (χ3n) is 4.98. The van der Waals surface area contributed by atoms with Crippen LogP contribution in [0.5, 0.6) is 0 Å². The molecule has 1 amide bonds. The van der Waals surface area contributed by atoms with Gasteiger partial charge in [0, 0.05) is 6.04 Å². The Kier molecular flexibility index (Phi) is 5.31. The van der Waals surface area contributed by atoms with Crippen molar-refractivity contribution < 1.29 is 9.90 Å². The molecule has 2 aromatic rings. The van der Waals surface area contributed by atoms with E-state index in [4.69, 9.17) is 0 Å². The molecule has 24 heavy (non-hydrogen) atoms. The third-order valence-corrected chi connectivity index (χ3v) is 4.98. The molecular formula is C21H25NO2. The van der Waals surface area contributed by atoms with Gasteiger partial charge in [-0.25, -0.2) is 0 Å². The molecule has 1 saturated carbocycles. The van der Waals surface area contributed by atoms with E-state index >= 15 is 0 Å². The van der Waals surface area contributed by atoms with Gasteiger partial charge in [0.1, 0.15) is 0 Å². The fraction of sp³-hybridized carbons (Fsp3) is 0.381. The second kappa shape index (κ2) is 7.63. The minimum Gasteiger partial charge on any atom is -0.393 e. The molecule has 0 aromatic heterocycles. The maximum Gasteiger partial charge on any atom is 0.224 e. The van der Waals surface area contributed by atoms with Crippen LogP contribution >= 0.6 is 0 Å². The summed E-state index contributed by atoms with van der Waals surface area (Å²) in [6.07, 6.45) is 2.58. The van der Waals surface area contributed by atoms with E-state index in [1.165, 1.54) is 5.56 Å². The van der Waals surface area contributed by atoms with Gasteiger partial charge in [-0.3, -0.25) is 4.79 Å². The zero-order chi connectivity index (χ0) is 16.9. The van der Waals surface area contributed by atoms with Gasteiger partial charge in [0.25, 0.3) is 0 Å². The van der Waals surface area contributed by atoms with Crippen molar-refractivity contribution in [2.45, 2.75) is 44.8 Å². The van der Waals surface area contributed by atoms with Crippen LogP contribution in [0.4, 0.5) is 0 Å². The normalized spacial score (nSPS) is 20.9. The number of hydrogen-bond acceptors (Lipinski definition) is 2. The summed E-state index contributed by atoms with van der Waals surface area (Å²) in [6, 6.07) is 18.3. The minimum atomic E-state index is -0.207. The van der Waals surface area contributed by atoms with Crippen LogP contribution in [0.1, 0.15) is 29.5 Å². The summed E-state index contributed by atoms with van der Waals surface area (Å²) in [5.74, 6) is 0.424. The molecule has 3 nitrogen and oxygen atoms in total. The van der Waals surface area contributed by atoms with Crippen molar-refractivity contribution >= 4 is 5.91 Å². The summed E-state index contributed by atoms with van der Waals surface area (Å²) in [5.41, 5.74) is 3.44. The molecule has 1 atom stereocenters. The van der Waals surface area contributed by atoms with Crippen molar-refractivity contribution in [3.63, 3.8) is 0 Å². The maximum absolute atomic E-state index is 12.5. The van der Waals surface area contributed by atoms with Gasteiger partial charge >= 0.3 is 0 Å². The SMILES string of the molecule is Cc1ccccc1CC(=O)NC(Cc1ccccc1)C1CC(O)C1. The predicted octanol–water partition coefficient (Wildman–Crippen LogP) is 3.04. The van der Waals surface area contributed by atoms with E-state index < -0.39 is 0 Å². The molecule has 3 rings (SSSR count). The van der Waals surface area contributed by atoms with E-state index in [9.17, 15) is 9.90 Å². The summed E-state index contributed by atoms with van der Waals surface area (Å²) in [7, 11) is 0. The standard InChI is InChI=1S/C21H25NO2/c1-15-7-5-6-10-17(15)14-21(24)22-20(18-12-19(23)13-18)11-16-8-3-2-4-9-16/h2-10,18-20,23H,11-14H2,1H3,(H,22,24). The van der Waals surface area contributed by atoms with Crippen molar-refractivity contribution in [3.8, 4) is 0 Å². The van der Waals surface area contributed by atoms with Gasteiger partial charge in [-0.15, -0.1) is 0 Å². The molecule has 0 heterocycles. The molecule has 0 radical (unpaired) electrons.